The molecule has 2 amide bonds. The van der Waals surface area contributed by atoms with Crippen LogP contribution in [0.2, 0.25) is 0 Å². The molecule has 2 aromatic carbocycles. The summed E-state index contributed by atoms with van der Waals surface area (Å²) in [7, 11) is 1.71. The number of aryl methyl sites for hydroxylation is 1. The van der Waals surface area contributed by atoms with Gasteiger partial charge in [-0.2, -0.15) is 5.26 Å². The minimum absolute atomic E-state index is 0.112. The van der Waals surface area contributed by atoms with Crippen molar-refractivity contribution in [2.24, 2.45) is 5.41 Å². The van der Waals surface area contributed by atoms with Crippen molar-refractivity contribution in [2.45, 2.75) is 47.3 Å². The fourth-order valence-electron chi connectivity index (χ4n) is 5.65. The number of carbonyl (C=O) groups is 2. The lowest BCUT2D eigenvalue weighted by Gasteiger charge is -2.27. The Bertz CT molecular complexity index is 1780. The molecule has 216 valence electrons. The van der Waals surface area contributed by atoms with Gasteiger partial charge < -0.3 is 18.8 Å². The third-order valence-corrected chi connectivity index (χ3v) is 8.00. The first-order valence-electron chi connectivity index (χ1n) is 14.1. The molecule has 0 saturated carbocycles. The van der Waals surface area contributed by atoms with E-state index >= 15 is 0 Å². The largest absolute Gasteiger partial charge is 0.461 e. The molecule has 5 rings (SSSR count). The van der Waals surface area contributed by atoms with Crippen LogP contribution in [0.15, 0.2) is 70.0 Å². The molecule has 0 aliphatic carbocycles. The molecule has 9 nitrogen and oxygen atoms in total. The fraction of sp³-hybridized carbons (Fsp3) is 0.333. The molecule has 1 aliphatic rings. The number of benzene rings is 2. The van der Waals surface area contributed by atoms with Crippen molar-refractivity contribution in [1.29, 1.82) is 5.26 Å². The summed E-state index contributed by atoms with van der Waals surface area (Å²) in [5.41, 5.74) is 3.08. The first-order chi connectivity index (χ1) is 20.0. The van der Waals surface area contributed by atoms with E-state index in [1.165, 1.54) is 0 Å². The van der Waals surface area contributed by atoms with E-state index in [1.807, 2.05) is 50.2 Å². The van der Waals surface area contributed by atoms with E-state index in [9.17, 15) is 19.6 Å². The molecule has 42 heavy (non-hydrogen) atoms. The Hall–Kier alpha value is -4.68. The second kappa shape index (κ2) is 11.3. The maximum absolute atomic E-state index is 13.3. The Morgan fingerprint density at radius 1 is 0.976 bits per heavy atom. The Morgan fingerprint density at radius 3 is 2.48 bits per heavy atom. The minimum Gasteiger partial charge on any atom is -0.461 e. The SMILES string of the molecule is CCN1C(=O)C(C)(C)C(=O)N(C)c2cc(CN(CCn3ccc4oc(C)cc4c3=O)Cc3ccccc3C#N)ccc21. The molecule has 0 fully saturated rings. The van der Waals surface area contributed by atoms with Crippen LogP contribution in [0.3, 0.4) is 0 Å². The summed E-state index contributed by atoms with van der Waals surface area (Å²) in [5.74, 6) is 0.206. The Labute approximate surface area is 245 Å². The zero-order valence-electron chi connectivity index (χ0n) is 24.7. The molecular formula is C33H35N5O4. The molecule has 2 aromatic heterocycles. The lowest BCUT2D eigenvalue weighted by Crippen LogP contribution is -2.47. The van der Waals surface area contributed by atoms with Gasteiger partial charge in [0.1, 0.15) is 16.8 Å². The van der Waals surface area contributed by atoms with E-state index in [-0.39, 0.29) is 17.4 Å². The average molecular weight is 566 g/mol. The van der Waals surface area contributed by atoms with Crippen LogP contribution < -0.4 is 15.4 Å². The summed E-state index contributed by atoms with van der Waals surface area (Å²) in [5, 5.41) is 10.2. The Balaban J connectivity index is 1.48. The third-order valence-electron chi connectivity index (χ3n) is 8.00. The smallest absolute Gasteiger partial charge is 0.261 e. The van der Waals surface area contributed by atoms with E-state index in [0.717, 1.165) is 11.1 Å². The molecule has 0 radical (unpaired) electrons. The van der Waals surface area contributed by atoms with Gasteiger partial charge in [0, 0.05) is 46.0 Å². The van der Waals surface area contributed by atoms with Gasteiger partial charge in [-0.05, 0) is 69.2 Å². The van der Waals surface area contributed by atoms with E-state index in [2.05, 4.69) is 11.0 Å². The number of carbonyl (C=O) groups excluding carboxylic acids is 2. The van der Waals surface area contributed by atoms with E-state index in [1.54, 1.807) is 59.7 Å². The molecule has 0 saturated heterocycles. The van der Waals surface area contributed by atoms with Crippen LogP contribution in [0.4, 0.5) is 11.4 Å². The molecular weight excluding hydrogens is 530 g/mol. The fourth-order valence-corrected chi connectivity index (χ4v) is 5.65. The van der Waals surface area contributed by atoms with Crippen LogP contribution >= 0.6 is 0 Å². The lowest BCUT2D eigenvalue weighted by atomic mass is 9.90. The number of aromatic nitrogens is 1. The maximum atomic E-state index is 13.3. The van der Waals surface area contributed by atoms with E-state index < -0.39 is 5.41 Å². The second-order valence-electron chi connectivity index (χ2n) is 11.3. The minimum atomic E-state index is -1.18. The Kier molecular flexibility index (Phi) is 7.76. The highest BCUT2D eigenvalue weighted by Gasteiger charge is 2.45. The predicted molar refractivity (Wildman–Crippen MR) is 162 cm³/mol. The highest BCUT2D eigenvalue weighted by molar-refractivity contribution is 6.19. The molecule has 0 N–H and O–H groups in total. The number of nitrogens with zero attached hydrogens (tertiary/aromatic N) is 5. The third kappa shape index (κ3) is 5.21. The van der Waals surface area contributed by atoms with Crippen LogP contribution in [0.1, 0.15) is 43.2 Å². The summed E-state index contributed by atoms with van der Waals surface area (Å²) in [6.45, 7) is 9.46. The first kappa shape index (κ1) is 28.8. The van der Waals surface area contributed by atoms with Gasteiger partial charge in [-0.25, -0.2) is 0 Å². The quantitative estimate of drug-likeness (QED) is 0.284. The van der Waals surface area contributed by atoms with Gasteiger partial charge in [0.05, 0.1) is 28.4 Å². The summed E-state index contributed by atoms with van der Waals surface area (Å²) >= 11 is 0. The van der Waals surface area contributed by atoms with Crippen molar-refractivity contribution in [3.8, 4) is 6.07 Å². The van der Waals surface area contributed by atoms with Gasteiger partial charge in [-0.15, -0.1) is 0 Å². The van der Waals surface area contributed by atoms with Crippen molar-refractivity contribution >= 4 is 34.2 Å². The van der Waals surface area contributed by atoms with Crippen molar-refractivity contribution in [1.82, 2.24) is 9.47 Å². The van der Waals surface area contributed by atoms with Gasteiger partial charge >= 0.3 is 0 Å². The summed E-state index contributed by atoms with van der Waals surface area (Å²) in [6, 6.07) is 19.2. The summed E-state index contributed by atoms with van der Waals surface area (Å²) < 4.78 is 7.29. The van der Waals surface area contributed by atoms with Crippen LogP contribution in [-0.2, 0) is 29.2 Å². The van der Waals surface area contributed by atoms with E-state index in [0.29, 0.717) is 66.4 Å². The number of anilines is 2. The van der Waals surface area contributed by atoms with Crippen molar-refractivity contribution < 1.29 is 14.0 Å². The zero-order valence-corrected chi connectivity index (χ0v) is 24.7. The van der Waals surface area contributed by atoms with Crippen LogP contribution in [0.5, 0.6) is 0 Å². The van der Waals surface area contributed by atoms with Crippen LogP contribution in [0, 0.1) is 23.7 Å². The number of hydrogen-bond donors (Lipinski definition) is 0. The second-order valence-corrected chi connectivity index (χ2v) is 11.3. The van der Waals surface area contributed by atoms with Gasteiger partial charge in [0.2, 0.25) is 11.8 Å². The summed E-state index contributed by atoms with van der Waals surface area (Å²) in [6.07, 6.45) is 1.75. The number of pyridine rings is 1. The van der Waals surface area contributed by atoms with Crippen molar-refractivity contribution in [3.05, 3.63) is 93.6 Å². The van der Waals surface area contributed by atoms with Gasteiger partial charge in [0.15, 0.2) is 0 Å². The van der Waals surface area contributed by atoms with Crippen molar-refractivity contribution in [2.75, 3.05) is 29.9 Å². The molecule has 0 atom stereocenters. The molecule has 4 aromatic rings. The standard InChI is InChI=1S/C33H35N5O4/c1-6-38-27-12-11-23(18-28(27)35(5)31(40)33(3,4)32(38)41)20-36(21-25-10-8-7-9-24(25)19-34)15-16-37-14-13-29-26(30(37)39)17-22(2)42-29/h7-14,17-18H,6,15-16,20-21H2,1-5H3. The number of hydrogen-bond acceptors (Lipinski definition) is 6. The van der Waals surface area contributed by atoms with Gasteiger partial charge in [-0.3, -0.25) is 19.3 Å². The number of furan rings is 1. The van der Waals surface area contributed by atoms with E-state index in [4.69, 9.17) is 4.42 Å². The average Bonchev–Trinajstić information content (AvgIpc) is 3.36. The number of fused-ring (bicyclic) bond motifs is 2. The zero-order chi connectivity index (χ0) is 30.2. The number of amides is 2. The highest BCUT2D eigenvalue weighted by Crippen LogP contribution is 2.39. The summed E-state index contributed by atoms with van der Waals surface area (Å²) in [4.78, 5) is 45.2. The monoisotopic (exact) mass is 565 g/mol. The molecule has 0 bridgehead atoms. The lowest BCUT2D eigenvalue weighted by molar-refractivity contribution is -0.137. The first-order valence-corrected chi connectivity index (χ1v) is 14.1. The number of rotatable bonds is 8. The van der Waals surface area contributed by atoms with Gasteiger partial charge in [0.25, 0.3) is 5.56 Å². The molecule has 3 heterocycles. The van der Waals surface area contributed by atoms with Crippen molar-refractivity contribution in [3.63, 3.8) is 0 Å². The van der Waals surface area contributed by atoms with Crippen LogP contribution in [0.25, 0.3) is 11.0 Å². The normalized spacial score (nSPS) is 14.8. The molecule has 0 unspecified atom stereocenters. The molecule has 9 heteroatoms. The molecule has 1 aliphatic heterocycles. The maximum Gasteiger partial charge on any atom is 0.261 e. The van der Waals surface area contributed by atoms with Crippen LogP contribution in [-0.4, -0.2) is 41.4 Å². The topological polar surface area (TPSA) is 103 Å². The molecule has 0 spiro atoms. The Morgan fingerprint density at radius 2 is 1.74 bits per heavy atom. The highest BCUT2D eigenvalue weighted by atomic mass is 16.3. The number of nitriles is 1. The van der Waals surface area contributed by atoms with Gasteiger partial charge in [-0.1, -0.05) is 24.3 Å². The predicted octanol–water partition coefficient (Wildman–Crippen LogP) is 4.83.